The van der Waals surface area contributed by atoms with Crippen LogP contribution in [0.1, 0.15) is 0 Å². The van der Waals surface area contributed by atoms with Crippen molar-refractivity contribution in [2.45, 2.75) is 0 Å². The first-order valence-corrected chi connectivity index (χ1v) is 18.5. The molecule has 0 aliphatic carbocycles. The Kier molecular flexibility index (Phi) is 7.10. The molecular weight excluding hydrogens is 673 g/mol. The summed E-state index contributed by atoms with van der Waals surface area (Å²) in [6.45, 7) is 0. The molecule has 8 aromatic carbocycles. The Morgan fingerprint density at radius 1 is 0.473 bits per heavy atom. The smallest absolute Gasteiger partial charge is 0.227 e. The number of nitrogens with zero attached hydrogens (tertiary/aromatic N) is 4. The van der Waals surface area contributed by atoms with Crippen molar-refractivity contribution in [3.63, 3.8) is 0 Å². The molecule has 0 saturated heterocycles. The highest BCUT2D eigenvalue weighted by atomic mass is 16.3. The summed E-state index contributed by atoms with van der Waals surface area (Å²) >= 11 is 0. The largest absolute Gasteiger partial charge is 0.435 e. The van der Waals surface area contributed by atoms with E-state index in [1.54, 1.807) is 0 Å². The number of aromatic nitrogens is 3. The average molecular weight is 706 g/mol. The summed E-state index contributed by atoms with van der Waals surface area (Å²) in [6, 6.07) is 66.3. The van der Waals surface area contributed by atoms with Crippen LogP contribution < -0.4 is 9.58 Å². The SMILES string of the molecule is c1ccc(-c2cccc(N(c3ccc4ccc5ccc6nc(-c7ccccc7)oc6c5c4c3)c3ccc[n+](-n4c5ccccc5c5ccccc54)c3)c2)cc1. The molecule has 0 fully saturated rings. The molecule has 11 aromatic rings. The molecule has 0 aliphatic rings. The molecule has 5 nitrogen and oxygen atoms in total. The fourth-order valence-corrected chi connectivity index (χ4v) is 8.11. The van der Waals surface area contributed by atoms with Crippen molar-refractivity contribution in [1.29, 1.82) is 0 Å². The normalized spacial score (nSPS) is 11.6. The van der Waals surface area contributed by atoms with Gasteiger partial charge in [-0.25, -0.2) is 4.98 Å². The van der Waals surface area contributed by atoms with Crippen molar-refractivity contribution in [1.82, 2.24) is 9.66 Å². The van der Waals surface area contributed by atoms with Crippen molar-refractivity contribution < 1.29 is 9.09 Å². The Morgan fingerprint density at radius 2 is 1.09 bits per heavy atom. The lowest BCUT2D eigenvalue weighted by Gasteiger charge is -2.25. The van der Waals surface area contributed by atoms with E-state index in [0.29, 0.717) is 5.89 Å². The van der Waals surface area contributed by atoms with Gasteiger partial charge in [0.05, 0.1) is 0 Å². The molecule has 0 unspecified atom stereocenters. The van der Waals surface area contributed by atoms with Crippen LogP contribution in [0.15, 0.2) is 205 Å². The Morgan fingerprint density at radius 3 is 1.87 bits per heavy atom. The fourth-order valence-electron chi connectivity index (χ4n) is 8.11. The van der Waals surface area contributed by atoms with Gasteiger partial charge in [0.25, 0.3) is 0 Å². The Bertz CT molecular complexity index is 3170. The van der Waals surface area contributed by atoms with Crippen molar-refractivity contribution >= 4 is 71.5 Å². The van der Waals surface area contributed by atoms with Crippen LogP contribution in [-0.4, -0.2) is 9.66 Å². The number of hydrogen-bond donors (Lipinski definition) is 0. The summed E-state index contributed by atoms with van der Waals surface area (Å²) in [5, 5.41) is 6.84. The lowest BCUT2D eigenvalue weighted by molar-refractivity contribution is -0.720. The van der Waals surface area contributed by atoms with E-state index in [4.69, 9.17) is 9.40 Å². The molecule has 0 N–H and O–H groups in total. The van der Waals surface area contributed by atoms with Crippen molar-refractivity contribution in [3.8, 4) is 22.6 Å². The molecule has 5 heteroatoms. The van der Waals surface area contributed by atoms with Gasteiger partial charge in [-0.15, -0.1) is 4.68 Å². The van der Waals surface area contributed by atoms with Crippen LogP contribution in [0.5, 0.6) is 0 Å². The molecule has 0 spiro atoms. The Labute approximate surface area is 317 Å². The van der Waals surface area contributed by atoms with Crippen LogP contribution in [0, 0.1) is 0 Å². The third kappa shape index (κ3) is 5.17. The van der Waals surface area contributed by atoms with Gasteiger partial charge in [-0.2, -0.15) is 0 Å². The quantitative estimate of drug-likeness (QED) is 0.128. The number of hydrogen-bond acceptors (Lipinski definition) is 3. The molecular formula is C50H33N4O+. The number of fused-ring (bicyclic) bond motifs is 8. The number of benzene rings is 8. The molecule has 0 radical (unpaired) electrons. The minimum Gasteiger partial charge on any atom is -0.435 e. The third-order valence-corrected chi connectivity index (χ3v) is 10.6. The molecule has 0 saturated carbocycles. The van der Waals surface area contributed by atoms with Crippen molar-refractivity contribution in [3.05, 3.63) is 200 Å². The highest BCUT2D eigenvalue weighted by Gasteiger charge is 2.22. The topological polar surface area (TPSA) is 38.1 Å². The van der Waals surface area contributed by atoms with Crippen LogP contribution in [0.3, 0.4) is 0 Å². The standard InChI is InChI=1S/C50H33N4O/c1-3-13-34(14-4-1)38-17-11-18-39(31-38)53(41-19-12-30-52(33-41)54-46-22-9-7-20-42(46)43-21-8-10-23-47(43)54)40-28-26-35-24-25-36-27-29-45-49(48(36)44(35)32-40)55-50(51-45)37-15-5-2-6-16-37/h1-33H/q+1. The summed E-state index contributed by atoms with van der Waals surface area (Å²) in [5.74, 6) is 0.620. The van der Waals surface area contributed by atoms with Gasteiger partial charge >= 0.3 is 0 Å². The van der Waals surface area contributed by atoms with Crippen molar-refractivity contribution in [2.75, 3.05) is 4.90 Å². The molecule has 55 heavy (non-hydrogen) atoms. The zero-order valence-electron chi connectivity index (χ0n) is 29.7. The second kappa shape index (κ2) is 12.6. The maximum atomic E-state index is 6.61. The predicted octanol–water partition coefficient (Wildman–Crippen LogP) is 12.6. The van der Waals surface area contributed by atoms with E-state index in [1.807, 2.05) is 30.3 Å². The molecule has 0 aliphatic heterocycles. The maximum absolute atomic E-state index is 6.61. The fraction of sp³-hybridized carbons (Fsp3) is 0. The van der Waals surface area contributed by atoms with Crippen molar-refractivity contribution in [2.24, 2.45) is 0 Å². The van der Waals surface area contributed by atoms with E-state index in [-0.39, 0.29) is 0 Å². The number of oxazole rings is 1. The first kappa shape index (κ1) is 31.1. The molecule has 11 rings (SSSR count). The van der Waals surface area contributed by atoms with Crippen LogP contribution >= 0.6 is 0 Å². The second-order valence-corrected chi connectivity index (χ2v) is 13.9. The first-order valence-electron chi connectivity index (χ1n) is 18.5. The van der Waals surface area contributed by atoms with Crippen LogP contribution in [0.4, 0.5) is 17.1 Å². The highest BCUT2D eigenvalue weighted by Crippen LogP contribution is 2.41. The Balaban J connectivity index is 1.15. The van der Waals surface area contributed by atoms with Gasteiger partial charge in [0.15, 0.2) is 5.58 Å². The maximum Gasteiger partial charge on any atom is 0.227 e. The molecule has 0 amide bonds. The van der Waals surface area contributed by atoms with E-state index >= 15 is 0 Å². The van der Waals surface area contributed by atoms with E-state index in [1.165, 1.54) is 16.3 Å². The molecule has 0 bridgehead atoms. The van der Waals surface area contributed by atoms with Gasteiger partial charge in [-0.05, 0) is 87.9 Å². The second-order valence-electron chi connectivity index (χ2n) is 13.9. The van der Waals surface area contributed by atoms with E-state index in [0.717, 1.165) is 71.9 Å². The van der Waals surface area contributed by atoms with Gasteiger partial charge in [0, 0.05) is 39.2 Å². The zero-order chi connectivity index (χ0) is 36.3. The average Bonchev–Trinajstić information content (AvgIpc) is 3.85. The molecule has 3 heterocycles. The molecule has 0 atom stereocenters. The summed E-state index contributed by atoms with van der Waals surface area (Å²) in [6.07, 6.45) is 4.35. The molecule has 3 aromatic heterocycles. The minimum absolute atomic E-state index is 0.620. The van der Waals surface area contributed by atoms with Crippen LogP contribution in [0.2, 0.25) is 0 Å². The number of pyridine rings is 1. The van der Waals surface area contributed by atoms with Gasteiger partial charge in [-0.3, -0.25) is 0 Å². The zero-order valence-corrected chi connectivity index (χ0v) is 29.7. The van der Waals surface area contributed by atoms with Gasteiger partial charge in [-0.1, -0.05) is 126 Å². The summed E-state index contributed by atoms with van der Waals surface area (Å²) in [4.78, 5) is 7.28. The lowest BCUT2D eigenvalue weighted by atomic mass is 10.00. The van der Waals surface area contributed by atoms with Crippen LogP contribution in [-0.2, 0) is 0 Å². The Hall–Kier alpha value is -7.50. The van der Waals surface area contributed by atoms with E-state index < -0.39 is 0 Å². The van der Waals surface area contributed by atoms with Gasteiger partial charge in [0.1, 0.15) is 22.2 Å². The first-order chi connectivity index (χ1) is 27.3. The number of anilines is 3. The predicted molar refractivity (Wildman–Crippen MR) is 225 cm³/mol. The number of rotatable bonds is 6. The van der Waals surface area contributed by atoms with Gasteiger partial charge < -0.3 is 9.32 Å². The van der Waals surface area contributed by atoms with Crippen LogP contribution in [0.25, 0.3) is 77.0 Å². The molecule has 258 valence electrons. The van der Waals surface area contributed by atoms with E-state index in [9.17, 15) is 0 Å². The lowest BCUT2D eigenvalue weighted by Crippen LogP contribution is -2.41. The minimum atomic E-state index is 0.620. The third-order valence-electron chi connectivity index (χ3n) is 10.6. The summed E-state index contributed by atoms with van der Waals surface area (Å²) in [7, 11) is 0. The number of para-hydroxylation sites is 2. The summed E-state index contributed by atoms with van der Waals surface area (Å²) in [5.41, 5.74) is 10.3. The monoisotopic (exact) mass is 705 g/mol. The highest BCUT2D eigenvalue weighted by molar-refractivity contribution is 6.18. The summed E-state index contributed by atoms with van der Waals surface area (Å²) < 4.78 is 11.1. The van der Waals surface area contributed by atoms with Gasteiger partial charge in [0.2, 0.25) is 18.3 Å². The van der Waals surface area contributed by atoms with E-state index in [2.05, 4.69) is 184 Å².